The molecule has 0 radical (unpaired) electrons. The second-order valence-corrected chi connectivity index (χ2v) is 11.0. The average molecular weight is 623 g/mol. The number of hydrogen-bond donors (Lipinski definition) is 1. The largest absolute Gasteiger partial charge is 0.497 e. The van der Waals surface area contributed by atoms with Crippen molar-refractivity contribution in [1.29, 1.82) is 0 Å². The number of carbonyl (C=O) groups is 3. The number of aliphatic carboxylic acids is 1. The number of nitrogens with zero attached hydrogens (tertiary/aromatic N) is 2. The lowest BCUT2D eigenvalue weighted by atomic mass is 9.93. The first-order valence-electron chi connectivity index (χ1n) is 15.6. The minimum atomic E-state index is -0.994. The molecule has 1 N–H and O–H groups in total. The lowest BCUT2D eigenvalue weighted by molar-refractivity contribution is -0.137. The monoisotopic (exact) mass is 622 g/mol. The van der Waals surface area contributed by atoms with Crippen LogP contribution in [0.1, 0.15) is 58.0 Å². The Kier molecular flexibility index (Phi) is 12.4. The van der Waals surface area contributed by atoms with Crippen molar-refractivity contribution in [2.45, 2.75) is 39.2 Å². The van der Waals surface area contributed by atoms with Crippen molar-refractivity contribution in [2.75, 3.05) is 33.9 Å². The van der Waals surface area contributed by atoms with E-state index >= 15 is 0 Å². The third kappa shape index (κ3) is 8.75. The summed E-state index contributed by atoms with van der Waals surface area (Å²) in [6.45, 7) is 3.46. The molecule has 0 saturated heterocycles. The molecule has 0 saturated carbocycles. The van der Waals surface area contributed by atoms with Gasteiger partial charge < -0.3 is 24.4 Å². The van der Waals surface area contributed by atoms with Gasteiger partial charge >= 0.3 is 5.97 Å². The van der Waals surface area contributed by atoms with Gasteiger partial charge in [0.2, 0.25) is 0 Å². The van der Waals surface area contributed by atoms with Crippen LogP contribution in [0, 0.1) is 0 Å². The quantitative estimate of drug-likeness (QED) is 0.145. The van der Waals surface area contributed by atoms with Gasteiger partial charge in [-0.25, -0.2) is 0 Å². The SMILES string of the molecule is CCCCN(Cc1ccccc1)C(=O)c1ccccc1-c1ccccc1C(=O)N(CCC(=O)O)CCc1cc(OC)ccc1OC. The molecule has 46 heavy (non-hydrogen) atoms. The number of ether oxygens (including phenoxy) is 2. The highest BCUT2D eigenvalue weighted by Crippen LogP contribution is 2.30. The van der Waals surface area contributed by atoms with Crippen molar-refractivity contribution in [3.63, 3.8) is 0 Å². The van der Waals surface area contributed by atoms with Crippen LogP contribution in [0.2, 0.25) is 0 Å². The molecule has 240 valence electrons. The molecule has 8 nitrogen and oxygen atoms in total. The highest BCUT2D eigenvalue weighted by atomic mass is 16.5. The molecule has 0 bridgehead atoms. The van der Waals surface area contributed by atoms with Gasteiger partial charge in [-0.2, -0.15) is 0 Å². The summed E-state index contributed by atoms with van der Waals surface area (Å²) >= 11 is 0. The van der Waals surface area contributed by atoms with Crippen LogP contribution >= 0.6 is 0 Å². The van der Waals surface area contributed by atoms with Crippen molar-refractivity contribution < 1.29 is 29.0 Å². The Labute approximate surface area is 271 Å². The van der Waals surface area contributed by atoms with Crippen molar-refractivity contribution in [3.05, 3.63) is 119 Å². The van der Waals surface area contributed by atoms with Crippen LogP contribution in [-0.2, 0) is 17.8 Å². The van der Waals surface area contributed by atoms with E-state index in [1.807, 2.05) is 77.7 Å². The zero-order chi connectivity index (χ0) is 32.9. The number of carboxylic acids is 1. The highest BCUT2D eigenvalue weighted by Gasteiger charge is 2.25. The Morgan fingerprint density at radius 2 is 1.30 bits per heavy atom. The second kappa shape index (κ2) is 16.8. The molecule has 4 aromatic rings. The van der Waals surface area contributed by atoms with E-state index in [1.165, 1.54) is 0 Å². The van der Waals surface area contributed by atoms with Crippen LogP contribution in [0.3, 0.4) is 0 Å². The van der Waals surface area contributed by atoms with Crippen LogP contribution in [0.4, 0.5) is 0 Å². The van der Waals surface area contributed by atoms with Gasteiger partial charge in [-0.1, -0.05) is 80.1 Å². The van der Waals surface area contributed by atoms with Gasteiger partial charge in [0, 0.05) is 37.3 Å². The number of hydrogen-bond acceptors (Lipinski definition) is 5. The van der Waals surface area contributed by atoms with E-state index in [0.29, 0.717) is 53.3 Å². The fourth-order valence-corrected chi connectivity index (χ4v) is 5.43. The zero-order valence-corrected chi connectivity index (χ0v) is 26.8. The lowest BCUT2D eigenvalue weighted by Crippen LogP contribution is -2.35. The van der Waals surface area contributed by atoms with Gasteiger partial charge in [0.1, 0.15) is 11.5 Å². The van der Waals surface area contributed by atoms with E-state index in [-0.39, 0.29) is 31.3 Å². The number of unbranched alkanes of at least 4 members (excludes halogenated alkanes) is 1. The Morgan fingerprint density at radius 3 is 1.89 bits per heavy atom. The van der Waals surface area contributed by atoms with Crippen LogP contribution in [0.25, 0.3) is 11.1 Å². The second-order valence-electron chi connectivity index (χ2n) is 11.0. The molecule has 0 fully saturated rings. The van der Waals surface area contributed by atoms with E-state index in [9.17, 15) is 19.5 Å². The molecule has 0 aliphatic rings. The molecule has 0 aliphatic carbocycles. The molecule has 2 amide bonds. The highest BCUT2D eigenvalue weighted by molar-refractivity contribution is 6.06. The van der Waals surface area contributed by atoms with E-state index < -0.39 is 5.97 Å². The maximum Gasteiger partial charge on any atom is 0.305 e. The van der Waals surface area contributed by atoms with Gasteiger partial charge in [-0.3, -0.25) is 14.4 Å². The summed E-state index contributed by atoms with van der Waals surface area (Å²) in [4.78, 5) is 43.4. The first-order valence-corrected chi connectivity index (χ1v) is 15.6. The van der Waals surface area contributed by atoms with Crippen molar-refractivity contribution in [3.8, 4) is 22.6 Å². The third-order valence-corrected chi connectivity index (χ3v) is 7.91. The number of carbonyl (C=O) groups excluding carboxylic acids is 2. The van der Waals surface area contributed by atoms with Crippen LogP contribution in [0.5, 0.6) is 11.5 Å². The summed E-state index contributed by atoms with van der Waals surface area (Å²) in [7, 11) is 3.16. The Hall–Kier alpha value is -5.11. The summed E-state index contributed by atoms with van der Waals surface area (Å²) < 4.78 is 10.9. The van der Waals surface area contributed by atoms with Crippen molar-refractivity contribution in [1.82, 2.24) is 9.80 Å². The minimum Gasteiger partial charge on any atom is -0.497 e. The van der Waals surface area contributed by atoms with E-state index in [2.05, 4.69) is 6.92 Å². The van der Waals surface area contributed by atoms with Crippen molar-refractivity contribution >= 4 is 17.8 Å². The van der Waals surface area contributed by atoms with E-state index in [1.54, 1.807) is 43.4 Å². The first-order chi connectivity index (χ1) is 22.4. The summed E-state index contributed by atoms with van der Waals surface area (Å²) in [5, 5.41) is 9.48. The van der Waals surface area contributed by atoms with Gasteiger partial charge in [-0.15, -0.1) is 0 Å². The number of benzene rings is 4. The number of rotatable bonds is 16. The molecule has 4 rings (SSSR count). The fourth-order valence-electron chi connectivity index (χ4n) is 5.43. The standard InChI is InChI=1S/C38H42N2O6/c1-4-5-23-40(27-28-13-7-6-8-14-28)38(44)34-18-12-10-16-32(34)31-15-9-11-17-33(31)37(43)39(25-22-36(41)42)24-21-29-26-30(45-2)19-20-35(29)46-3/h6-20,26H,4-5,21-25,27H2,1-3H3,(H,41,42). The molecule has 0 aromatic heterocycles. The lowest BCUT2D eigenvalue weighted by Gasteiger charge is -2.26. The molecule has 0 atom stereocenters. The van der Waals surface area contributed by atoms with E-state index in [0.717, 1.165) is 24.0 Å². The molecular formula is C38H42N2O6. The summed E-state index contributed by atoms with van der Waals surface area (Å²) in [6.07, 6.45) is 2.04. The predicted octanol–water partition coefficient (Wildman–Crippen LogP) is 6.97. The number of carboxylic acid groups (broad SMARTS) is 1. The molecule has 0 unspecified atom stereocenters. The van der Waals surface area contributed by atoms with Crippen LogP contribution in [-0.4, -0.2) is 66.5 Å². The van der Waals surface area contributed by atoms with Gasteiger partial charge in [-0.05, 0) is 65.4 Å². The molecule has 0 spiro atoms. The maximum atomic E-state index is 14.2. The number of methoxy groups -OCH3 is 2. The Bertz CT molecular complexity index is 1620. The van der Waals surface area contributed by atoms with Crippen LogP contribution in [0.15, 0.2) is 97.1 Å². The Morgan fingerprint density at radius 1 is 0.696 bits per heavy atom. The molecule has 0 heterocycles. The molecule has 4 aromatic carbocycles. The van der Waals surface area contributed by atoms with Gasteiger partial charge in [0.25, 0.3) is 11.8 Å². The smallest absolute Gasteiger partial charge is 0.305 e. The minimum absolute atomic E-state index is 0.0250. The van der Waals surface area contributed by atoms with Crippen molar-refractivity contribution in [2.24, 2.45) is 0 Å². The number of amides is 2. The Balaban J connectivity index is 1.68. The van der Waals surface area contributed by atoms with Gasteiger partial charge in [0.05, 0.1) is 20.6 Å². The summed E-state index contributed by atoms with van der Waals surface area (Å²) in [6, 6.07) is 29.9. The van der Waals surface area contributed by atoms with E-state index in [4.69, 9.17) is 9.47 Å². The molecule has 0 aliphatic heterocycles. The zero-order valence-electron chi connectivity index (χ0n) is 26.8. The summed E-state index contributed by atoms with van der Waals surface area (Å²) in [5.41, 5.74) is 4.05. The normalized spacial score (nSPS) is 10.7. The third-order valence-electron chi connectivity index (χ3n) is 7.91. The maximum absolute atomic E-state index is 14.2. The fraction of sp³-hybridized carbons (Fsp3) is 0.289. The average Bonchev–Trinajstić information content (AvgIpc) is 3.09. The van der Waals surface area contributed by atoms with Gasteiger partial charge in [0.15, 0.2) is 0 Å². The topological polar surface area (TPSA) is 96.4 Å². The molecular weight excluding hydrogens is 580 g/mol. The first kappa shape index (κ1) is 33.8. The molecule has 8 heteroatoms. The predicted molar refractivity (Wildman–Crippen MR) is 179 cm³/mol. The summed E-state index contributed by atoms with van der Waals surface area (Å²) in [5.74, 6) is -0.101. The van der Waals surface area contributed by atoms with Crippen LogP contribution < -0.4 is 9.47 Å².